The van der Waals surface area contributed by atoms with E-state index in [-0.39, 0.29) is 24.7 Å². The summed E-state index contributed by atoms with van der Waals surface area (Å²) in [7, 11) is 1.45. The lowest BCUT2D eigenvalue weighted by Crippen LogP contribution is -2.46. The van der Waals surface area contributed by atoms with Gasteiger partial charge in [-0.15, -0.1) is 0 Å². The first kappa shape index (κ1) is 17.0. The normalized spacial score (nSPS) is 21.6. The number of carboxylic acid groups (broad SMARTS) is 1. The molecule has 122 valence electrons. The lowest BCUT2D eigenvalue weighted by Gasteiger charge is -2.33. The highest BCUT2D eigenvalue weighted by Gasteiger charge is 2.40. The van der Waals surface area contributed by atoms with E-state index in [2.05, 4.69) is 5.32 Å². The fourth-order valence-electron chi connectivity index (χ4n) is 2.54. The minimum atomic E-state index is -0.953. The zero-order chi connectivity index (χ0) is 16.2. The summed E-state index contributed by atoms with van der Waals surface area (Å²) in [6.07, 6.45) is 1.25. The van der Waals surface area contributed by atoms with E-state index in [9.17, 15) is 14.3 Å². The molecule has 1 aromatic rings. The second kappa shape index (κ2) is 7.26. The van der Waals surface area contributed by atoms with Crippen LogP contribution in [-0.2, 0) is 16.1 Å². The van der Waals surface area contributed by atoms with E-state index in [0.717, 1.165) is 0 Å². The van der Waals surface area contributed by atoms with Gasteiger partial charge in [-0.2, -0.15) is 0 Å². The van der Waals surface area contributed by atoms with Crippen molar-refractivity contribution in [2.45, 2.75) is 19.4 Å². The van der Waals surface area contributed by atoms with Crippen molar-refractivity contribution in [3.8, 4) is 5.75 Å². The molecule has 1 saturated heterocycles. The number of hydrogen-bond acceptors (Lipinski definition) is 4. The Balaban J connectivity index is 2.02. The van der Waals surface area contributed by atoms with Crippen LogP contribution in [0.3, 0.4) is 0 Å². The molecule has 0 radical (unpaired) electrons. The lowest BCUT2D eigenvalue weighted by molar-refractivity contribution is -0.156. The van der Waals surface area contributed by atoms with Crippen molar-refractivity contribution in [1.29, 1.82) is 0 Å². The van der Waals surface area contributed by atoms with E-state index in [0.29, 0.717) is 30.8 Å². The number of hydrogen-bond donors (Lipinski definition) is 2. The Kier molecular flexibility index (Phi) is 5.61. The van der Waals surface area contributed by atoms with Gasteiger partial charge in [0.25, 0.3) is 0 Å². The van der Waals surface area contributed by atoms with Crippen LogP contribution in [0.15, 0.2) is 12.1 Å². The Morgan fingerprint density at radius 3 is 2.95 bits per heavy atom. The number of halogens is 2. The first-order chi connectivity index (χ1) is 10.5. The Hall–Kier alpha value is -1.37. The molecule has 5 nitrogen and oxygen atoms in total. The Morgan fingerprint density at radius 1 is 1.59 bits per heavy atom. The van der Waals surface area contributed by atoms with E-state index in [1.54, 1.807) is 0 Å². The molecule has 0 aromatic heterocycles. The summed E-state index contributed by atoms with van der Waals surface area (Å²) in [5.41, 5.74) is -0.580. The Bertz CT molecular complexity index is 547. The van der Waals surface area contributed by atoms with Gasteiger partial charge in [-0.1, -0.05) is 11.6 Å². The smallest absolute Gasteiger partial charge is 0.313 e. The SMILES string of the molecule is COc1cc(CNCC2(C(=O)O)CCCOC2)c(F)cc1Cl. The lowest BCUT2D eigenvalue weighted by atomic mass is 9.82. The number of ether oxygens (including phenoxy) is 2. The highest BCUT2D eigenvalue weighted by molar-refractivity contribution is 6.32. The molecule has 1 fully saturated rings. The number of carbonyl (C=O) groups is 1. The number of aliphatic carboxylic acids is 1. The third-order valence-electron chi connectivity index (χ3n) is 3.88. The highest BCUT2D eigenvalue weighted by Crippen LogP contribution is 2.29. The monoisotopic (exact) mass is 331 g/mol. The minimum Gasteiger partial charge on any atom is -0.495 e. The zero-order valence-electron chi connectivity index (χ0n) is 12.3. The second-order valence-electron chi connectivity index (χ2n) is 5.42. The number of carboxylic acids is 1. The van der Waals surface area contributed by atoms with Gasteiger partial charge in [-0.25, -0.2) is 4.39 Å². The molecule has 1 aromatic carbocycles. The molecule has 7 heteroatoms. The summed E-state index contributed by atoms with van der Waals surface area (Å²) >= 11 is 5.84. The highest BCUT2D eigenvalue weighted by atomic mass is 35.5. The molecule has 22 heavy (non-hydrogen) atoms. The molecule has 2 N–H and O–H groups in total. The van der Waals surface area contributed by atoms with Crippen molar-refractivity contribution in [2.75, 3.05) is 26.9 Å². The summed E-state index contributed by atoms with van der Waals surface area (Å²) in [6, 6.07) is 2.70. The molecule has 0 spiro atoms. The molecular formula is C15H19ClFNO4. The van der Waals surface area contributed by atoms with Crippen LogP contribution in [0.2, 0.25) is 5.02 Å². The van der Waals surface area contributed by atoms with Crippen molar-refractivity contribution >= 4 is 17.6 Å². The van der Waals surface area contributed by atoms with Crippen LogP contribution in [0, 0.1) is 11.2 Å². The van der Waals surface area contributed by atoms with E-state index < -0.39 is 17.2 Å². The van der Waals surface area contributed by atoms with Gasteiger partial charge in [-0.05, 0) is 25.0 Å². The first-order valence-electron chi connectivity index (χ1n) is 7.02. The number of benzene rings is 1. The van der Waals surface area contributed by atoms with Gasteiger partial charge in [0.05, 0.1) is 18.7 Å². The first-order valence-corrected chi connectivity index (χ1v) is 7.40. The van der Waals surface area contributed by atoms with Crippen molar-refractivity contribution in [3.63, 3.8) is 0 Å². The van der Waals surface area contributed by atoms with Crippen molar-refractivity contribution in [3.05, 3.63) is 28.5 Å². The summed E-state index contributed by atoms with van der Waals surface area (Å²) in [5, 5.41) is 12.6. The van der Waals surface area contributed by atoms with Crippen molar-refractivity contribution in [2.24, 2.45) is 5.41 Å². The van der Waals surface area contributed by atoms with Crippen molar-refractivity contribution in [1.82, 2.24) is 5.32 Å². The Labute approximate surface area is 133 Å². The van der Waals surface area contributed by atoms with Gasteiger partial charge < -0.3 is 19.9 Å². The third kappa shape index (κ3) is 3.69. The van der Waals surface area contributed by atoms with Crippen molar-refractivity contribution < 1.29 is 23.8 Å². The van der Waals surface area contributed by atoms with Crippen LogP contribution >= 0.6 is 11.6 Å². The maximum Gasteiger partial charge on any atom is 0.313 e. The average molecular weight is 332 g/mol. The summed E-state index contributed by atoms with van der Waals surface area (Å²) < 4.78 is 24.2. The maximum atomic E-state index is 13.9. The minimum absolute atomic E-state index is 0.168. The zero-order valence-corrected chi connectivity index (χ0v) is 13.1. The standard InChI is InChI=1S/C15H19ClFNO4/c1-21-13-5-10(12(17)6-11(13)16)7-18-8-15(14(19)20)3-2-4-22-9-15/h5-6,18H,2-4,7-9H2,1H3,(H,19,20). The fourth-order valence-corrected chi connectivity index (χ4v) is 2.76. The van der Waals surface area contributed by atoms with Crippen LogP contribution in [0.5, 0.6) is 5.75 Å². The predicted molar refractivity (Wildman–Crippen MR) is 79.8 cm³/mol. The molecule has 2 rings (SSSR count). The summed E-state index contributed by atoms with van der Waals surface area (Å²) in [5.74, 6) is -0.967. The second-order valence-corrected chi connectivity index (χ2v) is 5.83. The Morgan fingerprint density at radius 2 is 2.36 bits per heavy atom. The molecule has 0 saturated carbocycles. The van der Waals surface area contributed by atoms with Crippen LogP contribution in [0.1, 0.15) is 18.4 Å². The van der Waals surface area contributed by atoms with Gasteiger partial charge in [0, 0.05) is 25.3 Å². The molecule has 1 aliphatic rings. The van der Waals surface area contributed by atoms with E-state index in [1.165, 1.54) is 19.2 Å². The third-order valence-corrected chi connectivity index (χ3v) is 4.17. The summed E-state index contributed by atoms with van der Waals surface area (Å²) in [4.78, 5) is 11.5. The molecule has 0 aliphatic carbocycles. The molecule has 1 aliphatic heterocycles. The maximum absolute atomic E-state index is 13.9. The van der Waals surface area contributed by atoms with Gasteiger partial charge >= 0.3 is 5.97 Å². The van der Waals surface area contributed by atoms with E-state index >= 15 is 0 Å². The quantitative estimate of drug-likeness (QED) is 0.838. The van der Waals surface area contributed by atoms with Gasteiger partial charge in [0.15, 0.2) is 0 Å². The van der Waals surface area contributed by atoms with E-state index in [1.807, 2.05) is 0 Å². The largest absolute Gasteiger partial charge is 0.495 e. The average Bonchev–Trinajstić information content (AvgIpc) is 2.50. The molecule has 0 bridgehead atoms. The van der Waals surface area contributed by atoms with Gasteiger partial charge in [-0.3, -0.25) is 4.79 Å². The predicted octanol–water partition coefficient (Wildman–Crippen LogP) is 2.46. The topological polar surface area (TPSA) is 67.8 Å². The number of nitrogens with one attached hydrogen (secondary N) is 1. The van der Waals surface area contributed by atoms with Crippen LogP contribution in [0.4, 0.5) is 4.39 Å². The van der Waals surface area contributed by atoms with E-state index in [4.69, 9.17) is 21.1 Å². The van der Waals surface area contributed by atoms with Crippen LogP contribution in [-0.4, -0.2) is 37.9 Å². The number of rotatable bonds is 6. The number of methoxy groups -OCH3 is 1. The fraction of sp³-hybridized carbons (Fsp3) is 0.533. The van der Waals surface area contributed by atoms with Gasteiger partial charge in [0.1, 0.15) is 17.0 Å². The molecule has 0 amide bonds. The molecule has 1 unspecified atom stereocenters. The van der Waals surface area contributed by atoms with Crippen LogP contribution < -0.4 is 10.1 Å². The molecule has 1 heterocycles. The van der Waals surface area contributed by atoms with Gasteiger partial charge in [0.2, 0.25) is 0 Å². The summed E-state index contributed by atoms with van der Waals surface area (Å²) in [6.45, 7) is 1.15. The molecular weight excluding hydrogens is 313 g/mol. The van der Waals surface area contributed by atoms with Crippen LogP contribution in [0.25, 0.3) is 0 Å². The molecule has 1 atom stereocenters.